The van der Waals surface area contributed by atoms with Crippen molar-refractivity contribution in [3.8, 4) is 0 Å². The van der Waals surface area contributed by atoms with E-state index in [2.05, 4.69) is 0 Å². The van der Waals surface area contributed by atoms with Crippen LogP contribution in [0.25, 0.3) is 0 Å². The fraction of sp³-hybridized carbons (Fsp3) is 0.667. The normalized spacial score (nSPS) is 15.5. The minimum Gasteiger partial charge on any atom is -0.220 e. The standard InChI is InChI=1S/C3H4Cl2F/c1-2(4)3(5)6/h2H,1H3. The number of hydrogen-bond donors (Lipinski definition) is 0. The maximum absolute atomic E-state index is 11.4. The van der Waals surface area contributed by atoms with Gasteiger partial charge in [0.25, 0.3) is 0 Å². The van der Waals surface area contributed by atoms with Crippen LogP contribution in [0.2, 0.25) is 0 Å². The van der Waals surface area contributed by atoms with Crippen molar-refractivity contribution >= 4 is 23.2 Å². The number of alkyl halides is 1. The van der Waals surface area contributed by atoms with E-state index in [9.17, 15) is 4.39 Å². The largest absolute Gasteiger partial charge is 0.248 e. The number of rotatable bonds is 1. The van der Waals surface area contributed by atoms with Crippen molar-refractivity contribution in [2.75, 3.05) is 0 Å². The topological polar surface area (TPSA) is 0 Å². The van der Waals surface area contributed by atoms with Gasteiger partial charge in [0.15, 0.2) is 0 Å². The molecule has 0 N–H and O–H groups in total. The first-order valence-corrected chi connectivity index (χ1v) is 2.28. The van der Waals surface area contributed by atoms with Crippen LogP contribution >= 0.6 is 23.2 Å². The Bertz CT molecular complexity index is 29.8. The molecule has 0 spiro atoms. The average molecular weight is 130 g/mol. The lowest BCUT2D eigenvalue weighted by molar-refractivity contribution is 0.558. The summed E-state index contributed by atoms with van der Waals surface area (Å²) in [4.78, 5) is 0. The zero-order valence-electron chi connectivity index (χ0n) is 3.21. The van der Waals surface area contributed by atoms with Crippen LogP contribution in [0.3, 0.4) is 0 Å². The zero-order chi connectivity index (χ0) is 5.15. The van der Waals surface area contributed by atoms with Crippen LogP contribution in [0.15, 0.2) is 0 Å². The monoisotopic (exact) mass is 129 g/mol. The lowest BCUT2D eigenvalue weighted by Crippen LogP contribution is -1.92. The van der Waals surface area contributed by atoms with Gasteiger partial charge in [0.05, 0.1) is 5.38 Å². The van der Waals surface area contributed by atoms with Crippen LogP contribution in [0.1, 0.15) is 6.92 Å². The minimum atomic E-state index is -0.753. The molecule has 37 valence electrons. The summed E-state index contributed by atoms with van der Waals surface area (Å²) in [5.41, 5.74) is -0.753. The predicted molar refractivity (Wildman–Crippen MR) is 25.5 cm³/mol. The third kappa shape index (κ3) is 2.73. The van der Waals surface area contributed by atoms with Gasteiger partial charge >= 0.3 is 0 Å². The van der Waals surface area contributed by atoms with E-state index in [4.69, 9.17) is 23.2 Å². The summed E-state index contributed by atoms with van der Waals surface area (Å²) in [5.74, 6) is 0. The first-order chi connectivity index (χ1) is 2.64. The molecule has 0 aliphatic heterocycles. The van der Waals surface area contributed by atoms with Gasteiger partial charge in [0.1, 0.15) is 0 Å². The first kappa shape index (κ1) is 6.51. The summed E-state index contributed by atoms with van der Waals surface area (Å²) in [6.45, 7) is 1.46. The Morgan fingerprint density at radius 1 is 1.83 bits per heavy atom. The van der Waals surface area contributed by atoms with Crippen molar-refractivity contribution in [1.29, 1.82) is 0 Å². The van der Waals surface area contributed by atoms with Crippen LogP contribution in [-0.2, 0) is 0 Å². The van der Waals surface area contributed by atoms with E-state index in [-0.39, 0.29) is 0 Å². The van der Waals surface area contributed by atoms with Crippen molar-refractivity contribution < 1.29 is 4.39 Å². The second kappa shape index (κ2) is 2.64. The Balaban J connectivity index is 2.99. The molecule has 3 heteroatoms. The molecular formula is C3H4Cl2F. The second-order valence-electron chi connectivity index (χ2n) is 0.906. The molecule has 0 aromatic heterocycles. The van der Waals surface area contributed by atoms with Crippen molar-refractivity contribution in [1.82, 2.24) is 0 Å². The molecule has 0 saturated heterocycles. The molecule has 0 heterocycles. The fourth-order valence-corrected chi connectivity index (χ4v) is 0. The average Bonchev–Trinajstić information content (AvgIpc) is 1.36. The van der Waals surface area contributed by atoms with Crippen LogP contribution in [0, 0.1) is 5.63 Å². The van der Waals surface area contributed by atoms with Gasteiger partial charge < -0.3 is 0 Å². The summed E-state index contributed by atoms with van der Waals surface area (Å²) in [7, 11) is 0. The SMILES string of the molecule is CC(Cl)[C](F)Cl. The highest BCUT2D eigenvalue weighted by Crippen LogP contribution is 2.17. The maximum Gasteiger partial charge on any atom is 0.248 e. The summed E-state index contributed by atoms with van der Waals surface area (Å²) >= 11 is 9.80. The minimum absolute atomic E-state index is 0.660. The molecule has 0 nitrogen and oxygen atoms in total. The molecule has 6 heavy (non-hydrogen) atoms. The molecule has 1 unspecified atom stereocenters. The van der Waals surface area contributed by atoms with E-state index in [1.807, 2.05) is 0 Å². The highest BCUT2D eigenvalue weighted by Gasteiger charge is 2.08. The molecule has 0 amide bonds. The number of hydrogen-bond acceptors (Lipinski definition) is 0. The van der Waals surface area contributed by atoms with Gasteiger partial charge in [0, 0.05) is 0 Å². The van der Waals surface area contributed by atoms with Gasteiger partial charge in [-0.15, -0.1) is 11.6 Å². The predicted octanol–water partition coefficient (Wildman–Crippen LogP) is 2.31. The molecule has 0 aliphatic rings. The molecule has 1 radical (unpaired) electrons. The molecule has 0 bridgehead atoms. The summed E-state index contributed by atoms with van der Waals surface area (Å²) in [6, 6.07) is 0. The highest BCUT2D eigenvalue weighted by molar-refractivity contribution is 6.33. The molecule has 0 saturated carbocycles. The Morgan fingerprint density at radius 2 is 2.00 bits per heavy atom. The lowest BCUT2D eigenvalue weighted by atomic mass is 10.5. The van der Waals surface area contributed by atoms with E-state index in [0.29, 0.717) is 0 Å². The molecular weight excluding hydrogens is 126 g/mol. The van der Waals surface area contributed by atoms with Crippen molar-refractivity contribution in [3.63, 3.8) is 0 Å². The van der Waals surface area contributed by atoms with Gasteiger partial charge in [-0.1, -0.05) is 11.6 Å². The molecule has 1 atom stereocenters. The first-order valence-electron chi connectivity index (χ1n) is 1.46. The van der Waals surface area contributed by atoms with Crippen molar-refractivity contribution in [3.05, 3.63) is 5.63 Å². The molecule has 0 fully saturated rings. The second-order valence-corrected chi connectivity index (χ2v) is 1.92. The molecule has 0 aliphatic carbocycles. The van der Waals surface area contributed by atoms with Crippen molar-refractivity contribution in [2.24, 2.45) is 0 Å². The number of halogens is 3. The smallest absolute Gasteiger partial charge is 0.220 e. The summed E-state index contributed by atoms with van der Waals surface area (Å²) in [5, 5.41) is -0.660. The summed E-state index contributed by atoms with van der Waals surface area (Å²) in [6.07, 6.45) is 0. The Morgan fingerprint density at radius 3 is 2.00 bits per heavy atom. The molecule has 0 aromatic rings. The maximum atomic E-state index is 11.4. The van der Waals surface area contributed by atoms with E-state index in [0.717, 1.165) is 0 Å². The van der Waals surface area contributed by atoms with E-state index < -0.39 is 11.0 Å². The van der Waals surface area contributed by atoms with Gasteiger partial charge in [0.2, 0.25) is 5.63 Å². The van der Waals surface area contributed by atoms with Crippen LogP contribution in [0.4, 0.5) is 4.39 Å². The Kier molecular flexibility index (Phi) is 2.87. The lowest BCUT2D eigenvalue weighted by Gasteiger charge is -1.93. The quantitative estimate of drug-likeness (QED) is 0.477. The third-order valence-corrected chi connectivity index (χ3v) is 0.931. The Labute approximate surface area is 46.2 Å². The summed E-state index contributed by atoms with van der Waals surface area (Å²) < 4.78 is 11.4. The molecule has 0 rings (SSSR count). The van der Waals surface area contributed by atoms with Crippen molar-refractivity contribution in [2.45, 2.75) is 12.3 Å². The van der Waals surface area contributed by atoms with Crippen LogP contribution in [-0.4, -0.2) is 5.38 Å². The van der Waals surface area contributed by atoms with Gasteiger partial charge in [-0.3, -0.25) is 0 Å². The fourth-order valence-electron chi connectivity index (χ4n) is 0. The zero-order valence-corrected chi connectivity index (χ0v) is 4.72. The van der Waals surface area contributed by atoms with Crippen LogP contribution in [0.5, 0.6) is 0 Å². The van der Waals surface area contributed by atoms with Gasteiger partial charge in [-0.2, -0.15) is 0 Å². The third-order valence-electron chi connectivity index (χ3n) is 0.301. The van der Waals surface area contributed by atoms with E-state index in [1.165, 1.54) is 6.92 Å². The van der Waals surface area contributed by atoms with Crippen LogP contribution < -0.4 is 0 Å². The highest BCUT2D eigenvalue weighted by atomic mass is 35.5. The van der Waals surface area contributed by atoms with E-state index >= 15 is 0 Å². The van der Waals surface area contributed by atoms with Gasteiger partial charge in [-0.25, -0.2) is 4.39 Å². The van der Waals surface area contributed by atoms with E-state index in [1.54, 1.807) is 0 Å². The molecule has 0 aromatic carbocycles. The van der Waals surface area contributed by atoms with Gasteiger partial charge in [-0.05, 0) is 6.92 Å². The Hall–Kier alpha value is 0.510.